The molecule has 0 aliphatic heterocycles. The number of ether oxygens (including phenoxy) is 2. The summed E-state index contributed by atoms with van der Waals surface area (Å²) in [5.74, 6) is 1.34. The second-order valence-electron chi connectivity index (χ2n) is 10.1. The molecule has 45 heavy (non-hydrogen) atoms. The number of nitrogens with zero attached hydrogens (tertiary/aromatic N) is 5. The fourth-order valence-electron chi connectivity index (χ4n) is 4.97. The number of rotatable bonds is 10. The minimum atomic E-state index is -0.564. The van der Waals surface area contributed by atoms with Gasteiger partial charge in [0.05, 0.1) is 25.2 Å². The molecular weight excluding hydrogens is 611 g/mol. The summed E-state index contributed by atoms with van der Waals surface area (Å²) in [6.07, 6.45) is 2.12. The molecule has 0 spiro atoms. The number of hydrogen-bond donors (Lipinski definition) is 2. The van der Waals surface area contributed by atoms with Gasteiger partial charge >= 0.3 is 0 Å². The van der Waals surface area contributed by atoms with E-state index < -0.39 is 5.91 Å². The highest BCUT2D eigenvalue weighted by Gasteiger charge is 2.20. The van der Waals surface area contributed by atoms with Gasteiger partial charge in [-0.05, 0) is 54.3 Å². The molecule has 1 amide bonds. The summed E-state index contributed by atoms with van der Waals surface area (Å²) >= 11 is 2.77. The number of amides is 1. The van der Waals surface area contributed by atoms with Gasteiger partial charge in [-0.1, -0.05) is 65.6 Å². The smallest absolute Gasteiger partial charge is 0.267 e. The Morgan fingerprint density at radius 1 is 0.978 bits per heavy atom. The third-order valence-electron chi connectivity index (χ3n) is 7.28. The summed E-state index contributed by atoms with van der Waals surface area (Å²) < 4.78 is 14.6. The van der Waals surface area contributed by atoms with E-state index in [2.05, 4.69) is 15.5 Å². The standard InChI is InChI=1S/C32H29N7O4S2/c1-19-8-7-14-39-27(19)34-28-23(30(39)41)17-22(26(33)38(28)15-13-20-11-12-24(42-2)25(16-20)43-3)29(40)35-31-36-37-32(45-31)44-18-21-9-5-4-6-10-21/h4-12,14,16-17,33H,13,15,18H2,1-3H3,(H,35,36,40). The number of methoxy groups -OCH3 is 2. The van der Waals surface area contributed by atoms with E-state index in [1.165, 1.54) is 33.6 Å². The Kier molecular flexibility index (Phi) is 8.62. The van der Waals surface area contributed by atoms with Gasteiger partial charge in [-0.25, -0.2) is 4.98 Å². The maximum Gasteiger partial charge on any atom is 0.267 e. The predicted octanol–water partition coefficient (Wildman–Crippen LogP) is 5.09. The molecule has 0 aliphatic rings. The van der Waals surface area contributed by atoms with Crippen LogP contribution < -0.4 is 25.8 Å². The number of carbonyl (C=O) groups excluding carboxylic acids is 1. The van der Waals surface area contributed by atoms with Crippen LogP contribution in [0, 0.1) is 12.3 Å². The van der Waals surface area contributed by atoms with Crippen molar-refractivity contribution in [3.63, 3.8) is 0 Å². The van der Waals surface area contributed by atoms with Gasteiger partial charge in [0.25, 0.3) is 11.5 Å². The molecule has 13 heteroatoms. The average Bonchev–Trinajstić information content (AvgIpc) is 3.51. The van der Waals surface area contributed by atoms with Gasteiger partial charge < -0.3 is 14.0 Å². The van der Waals surface area contributed by atoms with E-state index in [9.17, 15) is 9.59 Å². The van der Waals surface area contributed by atoms with Crippen molar-refractivity contribution in [2.45, 2.75) is 30.0 Å². The van der Waals surface area contributed by atoms with Crippen LogP contribution in [0.1, 0.15) is 27.0 Å². The molecule has 4 heterocycles. The molecule has 0 bridgehead atoms. The van der Waals surface area contributed by atoms with Crippen molar-refractivity contribution >= 4 is 50.8 Å². The molecule has 6 aromatic rings. The zero-order valence-electron chi connectivity index (χ0n) is 24.7. The molecule has 0 saturated carbocycles. The highest BCUT2D eigenvalue weighted by molar-refractivity contribution is 8.00. The third-order valence-corrected chi connectivity index (χ3v) is 9.33. The maximum atomic E-state index is 13.7. The van der Waals surface area contributed by atoms with E-state index in [1.807, 2.05) is 61.5 Å². The number of carbonyl (C=O) groups is 1. The second-order valence-corrected chi connectivity index (χ2v) is 12.3. The van der Waals surface area contributed by atoms with E-state index >= 15 is 0 Å². The summed E-state index contributed by atoms with van der Waals surface area (Å²) in [7, 11) is 3.15. The van der Waals surface area contributed by atoms with Crippen molar-refractivity contribution in [1.29, 1.82) is 5.41 Å². The Labute approximate surface area is 266 Å². The van der Waals surface area contributed by atoms with E-state index in [0.29, 0.717) is 38.7 Å². The predicted molar refractivity (Wildman–Crippen MR) is 175 cm³/mol. The highest BCUT2D eigenvalue weighted by Crippen LogP contribution is 2.29. The minimum absolute atomic E-state index is 0.0232. The van der Waals surface area contributed by atoms with Crippen LogP contribution in [0.4, 0.5) is 5.13 Å². The second kappa shape index (κ2) is 12.9. The van der Waals surface area contributed by atoms with Gasteiger partial charge in [0.15, 0.2) is 15.8 Å². The molecule has 6 rings (SSSR count). The van der Waals surface area contributed by atoms with Crippen molar-refractivity contribution in [2.24, 2.45) is 0 Å². The zero-order chi connectivity index (χ0) is 31.5. The summed E-state index contributed by atoms with van der Waals surface area (Å²) in [5.41, 5.74) is 3.32. The quantitative estimate of drug-likeness (QED) is 0.120. The first-order chi connectivity index (χ1) is 21.9. The SMILES string of the molecule is COc1ccc(CCn2c(=N)c(C(=O)Nc3nnc(SCc4ccccc4)s3)cc3c(=O)n4cccc(C)c4nc32)cc1OC. The van der Waals surface area contributed by atoms with E-state index in [1.54, 1.807) is 31.0 Å². The number of pyridine rings is 2. The molecule has 2 aromatic carbocycles. The van der Waals surface area contributed by atoms with Gasteiger partial charge in [-0.3, -0.25) is 24.7 Å². The van der Waals surface area contributed by atoms with Gasteiger partial charge in [0, 0.05) is 18.5 Å². The zero-order valence-corrected chi connectivity index (χ0v) is 26.4. The fourth-order valence-corrected chi connectivity index (χ4v) is 6.67. The minimum Gasteiger partial charge on any atom is -0.493 e. The Bertz CT molecular complexity index is 2160. The fraction of sp³-hybridized carbons (Fsp3) is 0.188. The van der Waals surface area contributed by atoms with Gasteiger partial charge in [0.1, 0.15) is 16.8 Å². The van der Waals surface area contributed by atoms with E-state index in [4.69, 9.17) is 19.9 Å². The molecular formula is C32H29N7O4S2. The van der Waals surface area contributed by atoms with Crippen molar-refractivity contribution in [3.05, 3.63) is 111 Å². The number of thioether (sulfide) groups is 1. The Hall–Kier alpha value is -5.01. The van der Waals surface area contributed by atoms with Crippen molar-refractivity contribution in [3.8, 4) is 11.5 Å². The van der Waals surface area contributed by atoms with Crippen LogP contribution in [0.15, 0.2) is 82.1 Å². The first-order valence-electron chi connectivity index (χ1n) is 14.0. The molecule has 2 N–H and O–H groups in total. The number of benzene rings is 2. The van der Waals surface area contributed by atoms with Crippen LogP contribution in [0.2, 0.25) is 0 Å². The Balaban J connectivity index is 1.36. The van der Waals surface area contributed by atoms with Crippen molar-refractivity contribution in [1.82, 2.24) is 24.1 Å². The van der Waals surface area contributed by atoms with Gasteiger partial charge in [-0.2, -0.15) is 0 Å². The lowest BCUT2D eigenvalue weighted by Crippen LogP contribution is -2.32. The number of anilines is 1. The molecule has 0 fully saturated rings. The van der Waals surface area contributed by atoms with Crippen LogP contribution in [-0.4, -0.2) is 44.3 Å². The molecule has 0 atom stereocenters. The molecule has 0 saturated heterocycles. The monoisotopic (exact) mass is 639 g/mol. The number of nitrogens with one attached hydrogen (secondary N) is 2. The third kappa shape index (κ3) is 6.17. The molecule has 4 aromatic heterocycles. The van der Waals surface area contributed by atoms with Crippen LogP contribution in [0.3, 0.4) is 0 Å². The first-order valence-corrected chi connectivity index (χ1v) is 15.8. The van der Waals surface area contributed by atoms with Crippen LogP contribution >= 0.6 is 23.1 Å². The highest BCUT2D eigenvalue weighted by atomic mass is 32.2. The Morgan fingerprint density at radius 3 is 2.56 bits per heavy atom. The van der Waals surface area contributed by atoms with Crippen molar-refractivity contribution in [2.75, 3.05) is 19.5 Å². The summed E-state index contributed by atoms with van der Waals surface area (Å²) in [6, 6.07) is 20.7. The lowest BCUT2D eigenvalue weighted by atomic mass is 10.1. The molecule has 0 unspecified atom stereocenters. The van der Waals surface area contributed by atoms with Gasteiger partial charge in [-0.15, -0.1) is 10.2 Å². The number of fused-ring (bicyclic) bond motifs is 2. The Morgan fingerprint density at radius 2 is 1.78 bits per heavy atom. The molecule has 228 valence electrons. The van der Waals surface area contributed by atoms with Crippen molar-refractivity contribution < 1.29 is 14.3 Å². The first kappa shape index (κ1) is 30.0. The van der Waals surface area contributed by atoms with E-state index in [0.717, 1.165) is 22.4 Å². The van der Waals surface area contributed by atoms with Crippen LogP contribution in [-0.2, 0) is 18.7 Å². The molecule has 0 radical (unpaired) electrons. The van der Waals surface area contributed by atoms with E-state index in [-0.39, 0.29) is 28.5 Å². The largest absolute Gasteiger partial charge is 0.493 e. The summed E-state index contributed by atoms with van der Waals surface area (Å²) in [6.45, 7) is 2.15. The molecule has 0 aliphatic carbocycles. The summed E-state index contributed by atoms with van der Waals surface area (Å²) in [4.78, 5) is 32.1. The number of aromatic nitrogens is 5. The lowest BCUT2D eigenvalue weighted by Gasteiger charge is -2.15. The van der Waals surface area contributed by atoms with Crippen LogP contribution in [0.5, 0.6) is 11.5 Å². The maximum absolute atomic E-state index is 13.7. The lowest BCUT2D eigenvalue weighted by molar-refractivity contribution is 0.102. The topological polar surface area (TPSA) is 136 Å². The van der Waals surface area contributed by atoms with Gasteiger partial charge in [0.2, 0.25) is 5.13 Å². The normalized spacial score (nSPS) is 11.2. The molecule has 11 nitrogen and oxygen atoms in total. The summed E-state index contributed by atoms with van der Waals surface area (Å²) in [5, 5.41) is 20.7. The average molecular weight is 640 g/mol. The number of hydrogen-bond acceptors (Lipinski definition) is 10. The number of aryl methyl sites for hydroxylation is 3. The van der Waals surface area contributed by atoms with Crippen LogP contribution in [0.25, 0.3) is 16.7 Å².